The summed E-state index contributed by atoms with van der Waals surface area (Å²) in [5.74, 6) is -0.348. The second-order valence-corrected chi connectivity index (χ2v) is 7.23. The van der Waals surface area contributed by atoms with E-state index in [9.17, 15) is 14.9 Å². The van der Waals surface area contributed by atoms with Gasteiger partial charge in [-0.1, -0.05) is 24.3 Å². The highest BCUT2D eigenvalue weighted by atomic mass is 32.1. The van der Waals surface area contributed by atoms with Crippen molar-refractivity contribution in [2.45, 2.75) is 19.9 Å². The van der Waals surface area contributed by atoms with E-state index < -0.39 is 4.92 Å². The molecule has 25 heavy (non-hydrogen) atoms. The van der Waals surface area contributed by atoms with Gasteiger partial charge >= 0.3 is 0 Å². The monoisotopic (exact) mass is 373 g/mol. The van der Waals surface area contributed by atoms with Crippen molar-refractivity contribution in [1.82, 2.24) is 4.57 Å². The second-order valence-electron chi connectivity index (χ2n) is 5.24. The molecule has 1 aromatic carbocycles. The number of rotatable bonds is 5. The first-order valence-electron chi connectivity index (χ1n) is 7.66. The molecule has 1 amide bonds. The van der Waals surface area contributed by atoms with Crippen molar-refractivity contribution in [3.05, 3.63) is 61.6 Å². The molecule has 0 radical (unpaired) electrons. The SMILES string of the molecule is CCCn1c(=NC(=O)/C=C/c2cccs2)sc2cc([N+](=O)[O-])ccc21. The van der Waals surface area contributed by atoms with Gasteiger partial charge in [-0.25, -0.2) is 0 Å². The Morgan fingerprint density at radius 1 is 1.40 bits per heavy atom. The van der Waals surface area contributed by atoms with Gasteiger partial charge in [0.1, 0.15) is 0 Å². The molecule has 0 aliphatic rings. The number of non-ortho nitro benzene ring substituents is 1. The summed E-state index contributed by atoms with van der Waals surface area (Å²) >= 11 is 2.83. The van der Waals surface area contributed by atoms with E-state index in [-0.39, 0.29) is 11.6 Å². The van der Waals surface area contributed by atoms with Crippen molar-refractivity contribution in [2.75, 3.05) is 0 Å². The summed E-state index contributed by atoms with van der Waals surface area (Å²) in [6.45, 7) is 2.72. The molecule has 3 aromatic rings. The van der Waals surface area contributed by atoms with E-state index >= 15 is 0 Å². The molecule has 6 nitrogen and oxygen atoms in total. The molecule has 0 spiro atoms. The van der Waals surface area contributed by atoms with Gasteiger partial charge in [0.2, 0.25) is 0 Å². The zero-order valence-electron chi connectivity index (χ0n) is 13.4. The van der Waals surface area contributed by atoms with Gasteiger partial charge in [0.25, 0.3) is 11.6 Å². The first kappa shape index (κ1) is 17.2. The summed E-state index contributed by atoms with van der Waals surface area (Å²) in [5.41, 5.74) is 0.888. The largest absolute Gasteiger partial charge is 0.316 e. The quantitative estimate of drug-likeness (QED) is 0.381. The van der Waals surface area contributed by atoms with Crippen molar-refractivity contribution >= 4 is 50.6 Å². The zero-order valence-corrected chi connectivity index (χ0v) is 15.0. The van der Waals surface area contributed by atoms with Crippen molar-refractivity contribution in [3.63, 3.8) is 0 Å². The number of thiophene rings is 1. The van der Waals surface area contributed by atoms with Gasteiger partial charge in [0.05, 0.1) is 15.1 Å². The molecule has 0 unspecified atom stereocenters. The summed E-state index contributed by atoms with van der Waals surface area (Å²) in [4.78, 5) is 28.4. The number of carbonyl (C=O) groups is 1. The van der Waals surface area contributed by atoms with Gasteiger partial charge in [-0.2, -0.15) is 4.99 Å². The Hall–Kier alpha value is -2.58. The lowest BCUT2D eigenvalue weighted by Crippen LogP contribution is -2.16. The number of carbonyl (C=O) groups excluding carboxylic acids is 1. The number of fused-ring (bicyclic) bond motifs is 1. The average molecular weight is 373 g/mol. The molecule has 0 aliphatic heterocycles. The van der Waals surface area contributed by atoms with Crippen molar-refractivity contribution in [2.24, 2.45) is 4.99 Å². The molecule has 2 heterocycles. The van der Waals surface area contributed by atoms with Crippen LogP contribution in [-0.2, 0) is 11.3 Å². The van der Waals surface area contributed by atoms with E-state index in [1.165, 1.54) is 29.5 Å². The van der Waals surface area contributed by atoms with Crippen LogP contribution in [0.3, 0.4) is 0 Å². The summed E-state index contributed by atoms with van der Waals surface area (Å²) < 4.78 is 2.68. The highest BCUT2D eigenvalue weighted by Gasteiger charge is 2.12. The number of thiazole rings is 1. The summed E-state index contributed by atoms with van der Waals surface area (Å²) in [7, 11) is 0. The van der Waals surface area contributed by atoms with E-state index in [2.05, 4.69) is 4.99 Å². The van der Waals surface area contributed by atoms with Crippen LogP contribution in [-0.4, -0.2) is 15.4 Å². The third-order valence-corrected chi connectivity index (χ3v) is 5.34. The van der Waals surface area contributed by atoms with Crippen LogP contribution in [0.4, 0.5) is 5.69 Å². The lowest BCUT2D eigenvalue weighted by molar-refractivity contribution is -0.384. The Balaban J connectivity index is 2.02. The maximum absolute atomic E-state index is 12.2. The average Bonchev–Trinajstić information content (AvgIpc) is 3.21. The van der Waals surface area contributed by atoms with Crippen molar-refractivity contribution < 1.29 is 9.72 Å². The fourth-order valence-electron chi connectivity index (χ4n) is 2.37. The molecule has 2 aromatic heterocycles. The smallest absolute Gasteiger partial charge is 0.272 e. The predicted molar refractivity (Wildman–Crippen MR) is 101 cm³/mol. The number of hydrogen-bond donors (Lipinski definition) is 0. The van der Waals surface area contributed by atoms with Crippen LogP contribution >= 0.6 is 22.7 Å². The predicted octanol–water partition coefficient (Wildman–Crippen LogP) is 4.22. The topological polar surface area (TPSA) is 77.5 Å². The number of nitrogens with zero attached hydrogens (tertiary/aromatic N) is 3. The third kappa shape index (κ3) is 3.92. The standard InChI is InChI=1S/C17H15N3O3S2/c1-2-9-19-14-7-5-12(20(22)23)11-15(14)25-17(19)18-16(21)8-6-13-4-3-10-24-13/h3-8,10-11H,2,9H2,1H3/b8-6+,18-17?. The van der Waals surface area contributed by atoms with Crippen molar-refractivity contribution in [3.8, 4) is 0 Å². The summed E-state index contributed by atoms with van der Waals surface area (Å²) in [6.07, 6.45) is 4.04. The van der Waals surface area contributed by atoms with Crippen LogP contribution in [0.5, 0.6) is 0 Å². The minimum atomic E-state index is -0.422. The van der Waals surface area contributed by atoms with E-state index in [0.29, 0.717) is 11.3 Å². The Morgan fingerprint density at radius 2 is 2.24 bits per heavy atom. The maximum Gasteiger partial charge on any atom is 0.272 e. The van der Waals surface area contributed by atoms with Crippen LogP contribution in [0.25, 0.3) is 16.3 Å². The summed E-state index contributed by atoms with van der Waals surface area (Å²) in [6, 6.07) is 8.55. The van der Waals surface area contributed by atoms with E-state index in [1.54, 1.807) is 23.5 Å². The van der Waals surface area contributed by atoms with Crippen LogP contribution in [0, 0.1) is 10.1 Å². The Morgan fingerprint density at radius 3 is 2.92 bits per heavy atom. The highest BCUT2D eigenvalue weighted by molar-refractivity contribution is 7.16. The third-order valence-electron chi connectivity index (χ3n) is 3.46. The van der Waals surface area contributed by atoms with Gasteiger partial charge in [0.15, 0.2) is 4.80 Å². The molecular weight excluding hydrogens is 358 g/mol. The van der Waals surface area contributed by atoms with Gasteiger partial charge < -0.3 is 4.57 Å². The fraction of sp³-hybridized carbons (Fsp3) is 0.176. The zero-order chi connectivity index (χ0) is 17.8. The molecule has 3 rings (SSSR count). The first-order valence-corrected chi connectivity index (χ1v) is 9.36. The minimum absolute atomic E-state index is 0.0351. The van der Waals surface area contributed by atoms with Crippen LogP contribution in [0.15, 0.2) is 46.8 Å². The molecule has 8 heteroatoms. The van der Waals surface area contributed by atoms with E-state index in [1.807, 2.05) is 29.0 Å². The second kappa shape index (κ2) is 7.54. The van der Waals surface area contributed by atoms with Crippen LogP contribution < -0.4 is 4.80 Å². The minimum Gasteiger partial charge on any atom is -0.316 e. The molecule has 0 N–H and O–H groups in total. The van der Waals surface area contributed by atoms with Crippen LogP contribution in [0.2, 0.25) is 0 Å². The highest BCUT2D eigenvalue weighted by Crippen LogP contribution is 2.23. The van der Waals surface area contributed by atoms with Gasteiger partial charge in [-0.15, -0.1) is 11.3 Å². The number of aryl methyl sites for hydroxylation is 1. The lowest BCUT2D eigenvalue weighted by Gasteiger charge is -2.01. The Bertz CT molecular complexity index is 1010. The number of nitro groups is 1. The van der Waals surface area contributed by atoms with Crippen molar-refractivity contribution in [1.29, 1.82) is 0 Å². The van der Waals surface area contributed by atoms with E-state index in [4.69, 9.17) is 0 Å². The lowest BCUT2D eigenvalue weighted by atomic mass is 10.3. The molecule has 0 saturated heterocycles. The Labute approximate surface area is 151 Å². The molecule has 0 aliphatic carbocycles. The molecule has 128 valence electrons. The van der Waals surface area contributed by atoms with Gasteiger partial charge in [-0.3, -0.25) is 14.9 Å². The molecule has 0 bridgehead atoms. The number of hydrogen-bond acceptors (Lipinski definition) is 5. The van der Waals surface area contributed by atoms with E-state index in [0.717, 1.165) is 21.5 Å². The molecule has 0 fully saturated rings. The maximum atomic E-state index is 12.2. The first-order chi connectivity index (χ1) is 12.1. The number of nitro benzene ring substituents is 1. The molecule has 0 saturated carbocycles. The van der Waals surface area contributed by atoms with Crippen LogP contribution in [0.1, 0.15) is 18.2 Å². The number of aromatic nitrogens is 1. The molecule has 0 atom stereocenters. The normalized spacial score (nSPS) is 12.3. The Kier molecular flexibility index (Phi) is 5.20. The number of amides is 1. The fourth-order valence-corrected chi connectivity index (χ4v) is 4.08. The summed E-state index contributed by atoms with van der Waals surface area (Å²) in [5, 5.41) is 12.9. The number of benzene rings is 1. The van der Waals surface area contributed by atoms with Gasteiger partial charge in [-0.05, 0) is 30.0 Å². The molecular formula is C17H15N3O3S2. The van der Waals surface area contributed by atoms with Gasteiger partial charge in [0, 0.05) is 29.6 Å².